The molecular formula is C18H16FN5OS. The molecule has 0 saturated heterocycles. The van der Waals surface area contributed by atoms with Gasteiger partial charge in [0.05, 0.1) is 16.6 Å². The normalized spacial score (nSPS) is 11.7. The number of halogens is 1. The van der Waals surface area contributed by atoms with E-state index in [4.69, 9.17) is 5.26 Å². The average Bonchev–Trinajstić information content (AvgIpc) is 3.30. The number of hydrogen-bond acceptors (Lipinski definition) is 5. The number of benzene rings is 1. The van der Waals surface area contributed by atoms with Crippen molar-refractivity contribution >= 4 is 17.2 Å². The Labute approximate surface area is 153 Å². The number of nitrogens with zero attached hydrogens (tertiary/aromatic N) is 4. The van der Waals surface area contributed by atoms with E-state index in [0.29, 0.717) is 17.9 Å². The molecule has 1 unspecified atom stereocenters. The van der Waals surface area contributed by atoms with Gasteiger partial charge in [0, 0.05) is 0 Å². The minimum atomic E-state index is -0.598. The van der Waals surface area contributed by atoms with Gasteiger partial charge in [-0.25, -0.2) is 14.1 Å². The molecule has 8 heteroatoms. The highest BCUT2D eigenvalue weighted by Crippen LogP contribution is 2.25. The highest BCUT2D eigenvalue weighted by atomic mass is 32.1. The first kappa shape index (κ1) is 17.8. The number of nitrogens with one attached hydrogen (secondary N) is 1. The first-order valence-electron chi connectivity index (χ1n) is 8.09. The van der Waals surface area contributed by atoms with Crippen LogP contribution in [-0.2, 0) is 0 Å². The molecule has 0 fully saturated rings. The molecule has 0 saturated carbocycles. The van der Waals surface area contributed by atoms with Gasteiger partial charge in [-0.1, -0.05) is 25.5 Å². The quantitative estimate of drug-likeness (QED) is 0.720. The van der Waals surface area contributed by atoms with Crippen LogP contribution in [0.1, 0.15) is 30.4 Å². The Kier molecular flexibility index (Phi) is 5.39. The van der Waals surface area contributed by atoms with Gasteiger partial charge in [-0.05, 0) is 36.1 Å². The van der Waals surface area contributed by atoms with Crippen LogP contribution in [0.3, 0.4) is 0 Å². The van der Waals surface area contributed by atoms with E-state index in [1.54, 1.807) is 12.1 Å². The van der Waals surface area contributed by atoms with E-state index in [1.165, 1.54) is 28.2 Å². The van der Waals surface area contributed by atoms with Gasteiger partial charge < -0.3 is 5.32 Å². The van der Waals surface area contributed by atoms with Crippen molar-refractivity contribution < 1.29 is 9.18 Å². The lowest BCUT2D eigenvalue weighted by Gasteiger charge is -2.07. The lowest BCUT2D eigenvalue weighted by molar-refractivity contribution is 0.0933. The molecule has 0 aliphatic heterocycles. The van der Waals surface area contributed by atoms with E-state index in [9.17, 15) is 9.18 Å². The van der Waals surface area contributed by atoms with Gasteiger partial charge in [-0.3, -0.25) is 4.79 Å². The second kappa shape index (κ2) is 7.89. The van der Waals surface area contributed by atoms with Crippen LogP contribution in [0.15, 0.2) is 41.8 Å². The summed E-state index contributed by atoms with van der Waals surface area (Å²) in [7, 11) is 0. The number of carbonyl (C=O) groups excluding carboxylic acids is 1. The largest absolute Gasteiger partial charge is 0.333 e. The fourth-order valence-electron chi connectivity index (χ4n) is 2.44. The summed E-state index contributed by atoms with van der Waals surface area (Å²) in [4.78, 5) is 17.6. The molecule has 0 spiro atoms. The maximum atomic E-state index is 13.6. The summed E-state index contributed by atoms with van der Waals surface area (Å²) in [5, 5.41) is 17.9. The van der Waals surface area contributed by atoms with Gasteiger partial charge in [-0.15, -0.1) is 16.4 Å². The lowest BCUT2D eigenvalue weighted by atomic mass is 10.2. The van der Waals surface area contributed by atoms with E-state index in [1.807, 2.05) is 30.5 Å². The average molecular weight is 369 g/mol. The van der Waals surface area contributed by atoms with Crippen LogP contribution in [0.25, 0.3) is 16.4 Å². The van der Waals surface area contributed by atoms with Crippen LogP contribution in [0, 0.1) is 17.1 Å². The molecule has 3 rings (SSSR count). The Hall–Kier alpha value is -3.05. The molecule has 1 amide bonds. The summed E-state index contributed by atoms with van der Waals surface area (Å²) in [6.07, 6.45) is 1.31. The number of amides is 1. The number of nitriles is 1. The van der Waals surface area contributed by atoms with Crippen LogP contribution in [0.4, 0.5) is 4.39 Å². The topological polar surface area (TPSA) is 83.6 Å². The van der Waals surface area contributed by atoms with Gasteiger partial charge in [0.2, 0.25) is 5.82 Å². The molecule has 2 aromatic heterocycles. The summed E-state index contributed by atoms with van der Waals surface area (Å²) >= 11 is 1.44. The van der Waals surface area contributed by atoms with Crippen LogP contribution in [0.2, 0.25) is 0 Å². The summed E-state index contributed by atoms with van der Waals surface area (Å²) < 4.78 is 15.1. The molecule has 0 bridgehead atoms. The third-order valence-corrected chi connectivity index (χ3v) is 4.51. The molecule has 3 aromatic rings. The molecule has 0 aliphatic rings. The Morgan fingerprint density at radius 2 is 2.27 bits per heavy atom. The Balaban J connectivity index is 1.99. The molecule has 6 nitrogen and oxygen atoms in total. The highest BCUT2D eigenvalue weighted by molar-refractivity contribution is 7.13. The van der Waals surface area contributed by atoms with Gasteiger partial charge in [-0.2, -0.15) is 5.26 Å². The van der Waals surface area contributed by atoms with Crippen molar-refractivity contribution in [2.45, 2.75) is 25.8 Å². The number of carbonyl (C=O) groups is 1. The summed E-state index contributed by atoms with van der Waals surface area (Å²) in [6, 6.07) is 11.1. The smallest absolute Gasteiger partial charge is 0.292 e. The minimum Gasteiger partial charge on any atom is -0.333 e. The van der Waals surface area contributed by atoms with Gasteiger partial charge >= 0.3 is 0 Å². The van der Waals surface area contributed by atoms with Crippen LogP contribution in [-0.4, -0.2) is 26.7 Å². The number of hydrogen-bond donors (Lipinski definition) is 1. The molecule has 1 atom stereocenters. The Bertz CT molecular complexity index is 945. The molecular weight excluding hydrogens is 353 g/mol. The minimum absolute atomic E-state index is 0.0611. The van der Waals surface area contributed by atoms with Crippen LogP contribution in [0.5, 0.6) is 0 Å². The summed E-state index contributed by atoms with van der Waals surface area (Å²) in [5.41, 5.74) is 0.463. The Morgan fingerprint density at radius 1 is 1.42 bits per heavy atom. The zero-order valence-corrected chi connectivity index (χ0v) is 14.8. The zero-order chi connectivity index (χ0) is 18.5. The van der Waals surface area contributed by atoms with Gasteiger partial charge in [0.25, 0.3) is 5.91 Å². The van der Waals surface area contributed by atoms with Crippen molar-refractivity contribution in [2.75, 3.05) is 0 Å². The van der Waals surface area contributed by atoms with E-state index in [-0.39, 0.29) is 5.82 Å². The zero-order valence-electron chi connectivity index (χ0n) is 14.0. The first-order chi connectivity index (χ1) is 12.6. The van der Waals surface area contributed by atoms with Crippen LogP contribution < -0.4 is 5.32 Å². The fourth-order valence-corrected chi connectivity index (χ4v) is 3.14. The summed E-state index contributed by atoms with van der Waals surface area (Å²) in [6.45, 7) is 1.93. The third kappa shape index (κ3) is 3.78. The number of aromatic nitrogens is 3. The van der Waals surface area contributed by atoms with E-state index < -0.39 is 17.8 Å². The molecule has 26 heavy (non-hydrogen) atoms. The predicted octanol–water partition coefficient (Wildman–Crippen LogP) is 3.56. The second-order valence-electron chi connectivity index (χ2n) is 5.57. The number of rotatable bonds is 6. The van der Waals surface area contributed by atoms with Gasteiger partial charge in [0.15, 0.2) is 5.82 Å². The van der Waals surface area contributed by atoms with E-state index in [0.717, 1.165) is 11.3 Å². The molecule has 0 aliphatic carbocycles. The second-order valence-corrected chi connectivity index (χ2v) is 6.52. The van der Waals surface area contributed by atoms with Crippen molar-refractivity contribution in [1.29, 1.82) is 5.26 Å². The van der Waals surface area contributed by atoms with E-state index in [2.05, 4.69) is 15.4 Å². The number of thiophene rings is 1. The molecule has 1 aromatic carbocycles. The molecule has 1 N–H and O–H groups in total. The standard InChI is InChI=1S/C18H16FN5OS/c1-2-5-13(11-20)21-18(25)16-22-17(15-8-4-9-26-15)24(23-16)14-7-3-6-12(19)10-14/h3-4,6-10,13H,2,5H2,1H3,(H,21,25). The molecule has 132 valence electrons. The fraction of sp³-hybridized carbons (Fsp3) is 0.222. The summed E-state index contributed by atoms with van der Waals surface area (Å²) in [5.74, 6) is -0.555. The van der Waals surface area contributed by atoms with Gasteiger partial charge in [0.1, 0.15) is 11.9 Å². The van der Waals surface area contributed by atoms with E-state index >= 15 is 0 Å². The van der Waals surface area contributed by atoms with Crippen molar-refractivity contribution in [3.05, 3.63) is 53.4 Å². The SMILES string of the molecule is CCCC(C#N)NC(=O)c1nc(-c2cccs2)n(-c2cccc(F)c2)n1. The van der Waals surface area contributed by atoms with Crippen molar-refractivity contribution in [3.63, 3.8) is 0 Å². The maximum absolute atomic E-state index is 13.6. The highest BCUT2D eigenvalue weighted by Gasteiger charge is 2.21. The third-order valence-electron chi connectivity index (χ3n) is 3.64. The Morgan fingerprint density at radius 3 is 2.92 bits per heavy atom. The lowest BCUT2D eigenvalue weighted by Crippen LogP contribution is -2.34. The molecule has 2 heterocycles. The predicted molar refractivity (Wildman–Crippen MR) is 96.4 cm³/mol. The maximum Gasteiger partial charge on any atom is 0.292 e. The molecule has 0 radical (unpaired) electrons. The first-order valence-corrected chi connectivity index (χ1v) is 8.97. The van der Waals surface area contributed by atoms with Crippen molar-refractivity contribution in [2.24, 2.45) is 0 Å². The van der Waals surface area contributed by atoms with Crippen molar-refractivity contribution in [1.82, 2.24) is 20.1 Å². The van der Waals surface area contributed by atoms with Crippen LogP contribution >= 0.6 is 11.3 Å². The monoisotopic (exact) mass is 369 g/mol. The van der Waals surface area contributed by atoms with Crippen molar-refractivity contribution in [3.8, 4) is 22.5 Å².